The smallest absolute Gasteiger partial charge is 0.259 e. The number of carbonyl (C=O) groups excluding carboxylic acids is 1. The molecule has 8 heteroatoms. The molecule has 0 bridgehead atoms. The Hall–Kier alpha value is -3.81. The van der Waals surface area contributed by atoms with Crippen LogP contribution in [0.4, 0.5) is 5.69 Å². The Morgan fingerprint density at radius 3 is 2.42 bits per heavy atom. The Bertz CT molecular complexity index is 1020. The van der Waals surface area contributed by atoms with Crippen molar-refractivity contribution in [2.24, 2.45) is 0 Å². The van der Waals surface area contributed by atoms with Gasteiger partial charge in [0, 0.05) is 11.9 Å². The van der Waals surface area contributed by atoms with Crippen molar-refractivity contribution in [2.75, 3.05) is 5.32 Å². The molecular weight excluding hydrogens is 330 g/mol. The third-order valence-corrected chi connectivity index (χ3v) is 3.90. The standard InChI is InChI=1S/C18H15N7O/c1-13-16(12-22-24(13)17-4-2-3-9-19-17)18(26)23-14-5-7-15(8-6-14)25-20-10-11-21-25/h2-12H,1H3,(H,23,26). The van der Waals surface area contributed by atoms with E-state index in [0.717, 1.165) is 11.4 Å². The first-order valence-corrected chi connectivity index (χ1v) is 7.96. The van der Waals surface area contributed by atoms with Crippen molar-refractivity contribution < 1.29 is 4.79 Å². The van der Waals surface area contributed by atoms with Crippen LogP contribution < -0.4 is 5.32 Å². The number of pyridine rings is 1. The summed E-state index contributed by atoms with van der Waals surface area (Å²) in [5, 5.41) is 15.3. The van der Waals surface area contributed by atoms with Gasteiger partial charge in [-0.25, -0.2) is 9.67 Å². The van der Waals surface area contributed by atoms with E-state index in [1.165, 1.54) is 4.80 Å². The number of benzene rings is 1. The summed E-state index contributed by atoms with van der Waals surface area (Å²) >= 11 is 0. The van der Waals surface area contributed by atoms with E-state index in [1.54, 1.807) is 41.6 Å². The minimum atomic E-state index is -0.227. The summed E-state index contributed by atoms with van der Waals surface area (Å²) in [5.41, 5.74) is 2.70. The predicted molar refractivity (Wildman–Crippen MR) is 95.4 cm³/mol. The number of anilines is 1. The molecule has 128 valence electrons. The highest BCUT2D eigenvalue weighted by Crippen LogP contribution is 2.16. The molecule has 1 aromatic carbocycles. The van der Waals surface area contributed by atoms with Crippen molar-refractivity contribution in [2.45, 2.75) is 6.92 Å². The van der Waals surface area contributed by atoms with E-state index in [1.807, 2.05) is 37.3 Å². The Morgan fingerprint density at radius 2 is 1.73 bits per heavy atom. The number of amides is 1. The number of carbonyl (C=O) groups is 1. The van der Waals surface area contributed by atoms with Crippen molar-refractivity contribution in [3.05, 3.63) is 78.5 Å². The van der Waals surface area contributed by atoms with Gasteiger partial charge in [0.2, 0.25) is 0 Å². The topological polar surface area (TPSA) is 90.5 Å². The second-order valence-corrected chi connectivity index (χ2v) is 5.56. The van der Waals surface area contributed by atoms with Gasteiger partial charge in [-0.2, -0.15) is 20.1 Å². The summed E-state index contributed by atoms with van der Waals surface area (Å²) in [7, 11) is 0. The molecule has 3 aromatic heterocycles. The Balaban J connectivity index is 1.53. The van der Waals surface area contributed by atoms with Crippen LogP contribution in [0.1, 0.15) is 16.1 Å². The molecule has 4 rings (SSSR count). The lowest BCUT2D eigenvalue weighted by Crippen LogP contribution is -2.13. The number of hydrogen-bond acceptors (Lipinski definition) is 5. The molecule has 0 aliphatic heterocycles. The minimum absolute atomic E-state index is 0.227. The van der Waals surface area contributed by atoms with Crippen molar-refractivity contribution in [3.8, 4) is 11.5 Å². The van der Waals surface area contributed by atoms with Gasteiger partial charge in [-0.05, 0) is 43.3 Å². The first-order valence-electron chi connectivity index (χ1n) is 7.96. The van der Waals surface area contributed by atoms with Gasteiger partial charge in [0.05, 0.1) is 35.5 Å². The van der Waals surface area contributed by atoms with Gasteiger partial charge in [-0.15, -0.1) is 0 Å². The average Bonchev–Trinajstić information content (AvgIpc) is 3.33. The third kappa shape index (κ3) is 2.95. The fourth-order valence-corrected chi connectivity index (χ4v) is 2.57. The van der Waals surface area contributed by atoms with E-state index in [2.05, 4.69) is 25.6 Å². The van der Waals surface area contributed by atoms with Crippen LogP contribution in [0.25, 0.3) is 11.5 Å². The molecule has 26 heavy (non-hydrogen) atoms. The maximum atomic E-state index is 12.6. The number of rotatable bonds is 4. The maximum Gasteiger partial charge on any atom is 0.259 e. The summed E-state index contributed by atoms with van der Waals surface area (Å²) in [6.07, 6.45) is 6.45. The highest BCUT2D eigenvalue weighted by Gasteiger charge is 2.15. The molecule has 3 heterocycles. The predicted octanol–water partition coefficient (Wildman–Crippen LogP) is 2.41. The van der Waals surface area contributed by atoms with Crippen LogP contribution in [0.2, 0.25) is 0 Å². The highest BCUT2D eigenvalue weighted by atomic mass is 16.1. The van der Waals surface area contributed by atoms with E-state index in [9.17, 15) is 4.79 Å². The summed E-state index contributed by atoms with van der Waals surface area (Å²) in [4.78, 5) is 18.3. The molecule has 0 saturated carbocycles. The number of nitrogens with zero attached hydrogens (tertiary/aromatic N) is 6. The van der Waals surface area contributed by atoms with Crippen molar-refractivity contribution in [1.82, 2.24) is 29.8 Å². The molecule has 0 atom stereocenters. The molecule has 0 radical (unpaired) electrons. The average molecular weight is 345 g/mol. The van der Waals surface area contributed by atoms with Crippen LogP contribution >= 0.6 is 0 Å². The van der Waals surface area contributed by atoms with Gasteiger partial charge >= 0.3 is 0 Å². The van der Waals surface area contributed by atoms with Crippen molar-refractivity contribution in [1.29, 1.82) is 0 Å². The van der Waals surface area contributed by atoms with Gasteiger partial charge in [-0.3, -0.25) is 4.79 Å². The largest absolute Gasteiger partial charge is 0.322 e. The fourth-order valence-electron chi connectivity index (χ4n) is 2.57. The molecule has 0 unspecified atom stereocenters. The van der Waals surface area contributed by atoms with Gasteiger partial charge in [0.25, 0.3) is 5.91 Å². The van der Waals surface area contributed by atoms with Gasteiger partial charge in [-0.1, -0.05) is 6.07 Å². The molecule has 1 N–H and O–H groups in total. The van der Waals surface area contributed by atoms with Crippen LogP contribution in [-0.4, -0.2) is 35.7 Å². The molecular formula is C18H15N7O. The van der Waals surface area contributed by atoms with E-state index in [-0.39, 0.29) is 5.91 Å². The van der Waals surface area contributed by atoms with Crippen LogP contribution in [0.15, 0.2) is 67.3 Å². The molecule has 0 aliphatic rings. The normalized spacial score (nSPS) is 10.7. The van der Waals surface area contributed by atoms with E-state index in [4.69, 9.17) is 0 Å². The zero-order valence-corrected chi connectivity index (χ0v) is 13.9. The van der Waals surface area contributed by atoms with Crippen LogP contribution in [0, 0.1) is 6.92 Å². The molecule has 8 nitrogen and oxygen atoms in total. The third-order valence-electron chi connectivity index (χ3n) is 3.90. The summed E-state index contributed by atoms with van der Waals surface area (Å²) < 4.78 is 1.64. The molecule has 0 saturated heterocycles. The first-order chi connectivity index (χ1) is 12.7. The molecule has 0 fully saturated rings. The SMILES string of the molecule is Cc1c(C(=O)Nc2ccc(-n3nccn3)cc2)cnn1-c1ccccn1. The molecule has 0 spiro atoms. The second-order valence-electron chi connectivity index (χ2n) is 5.56. The maximum absolute atomic E-state index is 12.6. The molecule has 0 aliphatic carbocycles. The van der Waals surface area contributed by atoms with Gasteiger partial charge < -0.3 is 5.32 Å². The monoisotopic (exact) mass is 345 g/mol. The second kappa shape index (κ2) is 6.60. The summed E-state index contributed by atoms with van der Waals surface area (Å²) in [6.45, 7) is 1.84. The zero-order valence-electron chi connectivity index (χ0n) is 13.9. The molecule has 4 aromatic rings. The fraction of sp³-hybridized carbons (Fsp3) is 0.0556. The van der Waals surface area contributed by atoms with Crippen LogP contribution in [-0.2, 0) is 0 Å². The van der Waals surface area contributed by atoms with E-state index < -0.39 is 0 Å². The van der Waals surface area contributed by atoms with Crippen molar-refractivity contribution in [3.63, 3.8) is 0 Å². The number of aromatic nitrogens is 6. The lowest BCUT2D eigenvalue weighted by molar-refractivity contribution is 0.102. The molecule has 1 amide bonds. The quantitative estimate of drug-likeness (QED) is 0.613. The Labute approximate surface area is 149 Å². The van der Waals surface area contributed by atoms with Gasteiger partial charge in [0.15, 0.2) is 5.82 Å². The van der Waals surface area contributed by atoms with E-state index >= 15 is 0 Å². The number of hydrogen-bond donors (Lipinski definition) is 1. The zero-order chi connectivity index (χ0) is 17.9. The lowest BCUT2D eigenvalue weighted by atomic mass is 10.2. The lowest BCUT2D eigenvalue weighted by Gasteiger charge is -2.07. The van der Waals surface area contributed by atoms with Crippen LogP contribution in [0.5, 0.6) is 0 Å². The Kier molecular flexibility index (Phi) is 3.98. The van der Waals surface area contributed by atoms with E-state index in [0.29, 0.717) is 17.1 Å². The van der Waals surface area contributed by atoms with Crippen LogP contribution in [0.3, 0.4) is 0 Å². The Morgan fingerprint density at radius 1 is 0.962 bits per heavy atom. The summed E-state index contributed by atoms with van der Waals surface area (Å²) in [5.74, 6) is 0.440. The van der Waals surface area contributed by atoms with Gasteiger partial charge in [0.1, 0.15) is 0 Å². The first kappa shape index (κ1) is 15.7. The summed E-state index contributed by atoms with van der Waals surface area (Å²) in [6, 6.07) is 12.8. The minimum Gasteiger partial charge on any atom is -0.322 e. The van der Waals surface area contributed by atoms with Crippen molar-refractivity contribution >= 4 is 11.6 Å². The number of nitrogens with one attached hydrogen (secondary N) is 1. The highest BCUT2D eigenvalue weighted by molar-refractivity contribution is 6.05.